The van der Waals surface area contributed by atoms with Crippen molar-refractivity contribution in [1.82, 2.24) is 5.16 Å². The monoisotopic (exact) mass is 258 g/mol. The van der Waals surface area contributed by atoms with Crippen LogP contribution in [0.5, 0.6) is 0 Å². The molecule has 0 amide bonds. The molecule has 0 bridgehead atoms. The lowest BCUT2D eigenvalue weighted by atomic mass is 9.92. The second-order valence-corrected chi connectivity index (χ2v) is 5.25. The first-order valence-corrected chi connectivity index (χ1v) is 6.86. The molecule has 2 N–H and O–H groups in total. The van der Waals surface area contributed by atoms with Crippen molar-refractivity contribution in [3.63, 3.8) is 0 Å². The first kappa shape index (κ1) is 13.7. The van der Waals surface area contributed by atoms with Crippen LogP contribution in [0.15, 0.2) is 16.7 Å². The van der Waals surface area contributed by atoms with Gasteiger partial charge in [0.15, 0.2) is 0 Å². The maximum absolute atomic E-state index is 5.99. The molecule has 1 aromatic heterocycles. The summed E-state index contributed by atoms with van der Waals surface area (Å²) in [5.41, 5.74) is 12.9. The van der Waals surface area contributed by atoms with Crippen molar-refractivity contribution in [1.29, 1.82) is 0 Å². The third kappa shape index (κ3) is 2.65. The maximum atomic E-state index is 5.99. The second kappa shape index (κ2) is 5.47. The Labute approximate surface area is 114 Å². The smallest absolute Gasteiger partial charge is 0.230 e. The highest BCUT2D eigenvalue weighted by molar-refractivity contribution is 5.80. The molecule has 0 aliphatic rings. The topological polar surface area (TPSA) is 52.0 Å². The lowest BCUT2D eigenvalue weighted by Crippen LogP contribution is -1.96. The summed E-state index contributed by atoms with van der Waals surface area (Å²) in [5.74, 6) is 0.432. The number of benzene rings is 1. The van der Waals surface area contributed by atoms with E-state index in [1.54, 1.807) is 0 Å². The number of anilines is 1. The summed E-state index contributed by atoms with van der Waals surface area (Å²) in [6, 6.07) is 4.36. The van der Waals surface area contributed by atoms with E-state index in [9.17, 15) is 0 Å². The van der Waals surface area contributed by atoms with Crippen molar-refractivity contribution in [2.45, 2.75) is 47.0 Å². The molecule has 102 valence electrons. The van der Waals surface area contributed by atoms with Crippen molar-refractivity contribution < 1.29 is 4.52 Å². The minimum absolute atomic E-state index is 0.432. The van der Waals surface area contributed by atoms with Gasteiger partial charge in [0, 0.05) is 0 Å². The fraction of sp³-hybridized carbons (Fsp3) is 0.438. The van der Waals surface area contributed by atoms with Crippen LogP contribution in [0, 0.1) is 20.8 Å². The van der Waals surface area contributed by atoms with E-state index < -0.39 is 0 Å². The van der Waals surface area contributed by atoms with Crippen molar-refractivity contribution in [2.24, 2.45) is 0 Å². The van der Waals surface area contributed by atoms with Crippen molar-refractivity contribution in [3.05, 3.63) is 34.5 Å². The first-order chi connectivity index (χ1) is 9.04. The lowest BCUT2D eigenvalue weighted by Gasteiger charge is -2.11. The molecule has 0 saturated carbocycles. The normalized spacial score (nSPS) is 10.9. The van der Waals surface area contributed by atoms with Gasteiger partial charge in [-0.25, -0.2) is 0 Å². The summed E-state index contributed by atoms with van der Waals surface area (Å²) >= 11 is 0. The minimum atomic E-state index is 0.432. The highest BCUT2D eigenvalue weighted by Crippen LogP contribution is 2.35. The van der Waals surface area contributed by atoms with Crippen LogP contribution in [0.3, 0.4) is 0 Å². The van der Waals surface area contributed by atoms with Gasteiger partial charge in [-0.1, -0.05) is 36.2 Å². The van der Waals surface area contributed by atoms with Crippen molar-refractivity contribution in [2.75, 3.05) is 5.73 Å². The van der Waals surface area contributed by atoms with Gasteiger partial charge >= 0.3 is 0 Å². The fourth-order valence-corrected chi connectivity index (χ4v) is 2.69. The molecule has 2 rings (SSSR count). The zero-order valence-electron chi connectivity index (χ0n) is 12.2. The Morgan fingerprint density at radius 2 is 1.74 bits per heavy atom. The number of nitrogens with two attached hydrogens (primary N) is 1. The summed E-state index contributed by atoms with van der Waals surface area (Å²) < 4.78 is 5.22. The van der Waals surface area contributed by atoms with Gasteiger partial charge in [-0.05, 0) is 50.3 Å². The Balaban J connectivity index is 2.55. The van der Waals surface area contributed by atoms with Gasteiger partial charge < -0.3 is 10.3 Å². The first-order valence-electron chi connectivity index (χ1n) is 6.86. The number of nitrogen functional groups attached to an aromatic ring is 1. The predicted octanol–water partition coefficient (Wildman–Crippen LogP) is 4.19. The third-order valence-electron chi connectivity index (χ3n) is 3.48. The van der Waals surface area contributed by atoms with E-state index in [4.69, 9.17) is 10.3 Å². The molecule has 0 atom stereocenters. The number of rotatable bonds is 4. The molecule has 1 heterocycles. The molecule has 0 aliphatic heterocycles. The zero-order valence-corrected chi connectivity index (χ0v) is 12.2. The molecule has 3 nitrogen and oxygen atoms in total. The molecule has 0 fully saturated rings. The van der Waals surface area contributed by atoms with Gasteiger partial charge in [-0.15, -0.1) is 0 Å². The maximum Gasteiger partial charge on any atom is 0.230 e. The SMILES string of the molecule is CCCCc1noc(N)c1-c1c(C)cc(C)cc1C. The van der Waals surface area contributed by atoms with E-state index in [0.29, 0.717) is 5.88 Å². The molecule has 0 unspecified atom stereocenters. The van der Waals surface area contributed by atoms with Gasteiger partial charge in [-0.2, -0.15) is 0 Å². The molecular formula is C16H22N2O. The van der Waals surface area contributed by atoms with E-state index in [1.807, 2.05) is 0 Å². The Hall–Kier alpha value is -1.77. The second-order valence-electron chi connectivity index (χ2n) is 5.25. The minimum Gasteiger partial charge on any atom is -0.367 e. The predicted molar refractivity (Wildman–Crippen MR) is 79.2 cm³/mol. The van der Waals surface area contributed by atoms with Crippen LogP contribution < -0.4 is 5.73 Å². The Morgan fingerprint density at radius 3 is 2.32 bits per heavy atom. The fourth-order valence-electron chi connectivity index (χ4n) is 2.69. The van der Waals surface area contributed by atoms with E-state index in [0.717, 1.165) is 30.5 Å². The van der Waals surface area contributed by atoms with Gasteiger partial charge in [0.2, 0.25) is 5.88 Å². The third-order valence-corrected chi connectivity index (χ3v) is 3.48. The molecule has 19 heavy (non-hydrogen) atoms. The van der Waals surface area contributed by atoms with Crippen LogP contribution >= 0.6 is 0 Å². The lowest BCUT2D eigenvalue weighted by molar-refractivity contribution is 0.426. The van der Waals surface area contributed by atoms with E-state index >= 15 is 0 Å². The summed E-state index contributed by atoms with van der Waals surface area (Å²) in [6.45, 7) is 8.51. The van der Waals surface area contributed by atoms with Crippen molar-refractivity contribution in [3.8, 4) is 11.1 Å². The van der Waals surface area contributed by atoms with Crippen molar-refractivity contribution >= 4 is 5.88 Å². The number of hydrogen-bond donors (Lipinski definition) is 1. The quantitative estimate of drug-likeness (QED) is 0.894. The van der Waals surface area contributed by atoms with Crippen LogP contribution in [0.4, 0.5) is 5.88 Å². The average Bonchev–Trinajstić information content (AvgIpc) is 2.68. The largest absolute Gasteiger partial charge is 0.367 e. The summed E-state index contributed by atoms with van der Waals surface area (Å²) in [4.78, 5) is 0. The Kier molecular flexibility index (Phi) is 3.93. The van der Waals surface area contributed by atoms with E-state index in [1.165, 1.54) is 22.3 Å². The number of aryl methyl sites for hydroxylation is 4. The molecule has 2 aromatic rings. The highest BCUT2D eigenvalue weighted by atomic mass is 16.5. The molecule has 1 aromatic carbocycles. The molecule has 3 heteroatoms. The molecular weight excluding hydrogens is 236 g/mol. The summed E-state index contributed by atoms with van der Waals surface area (Å²) in [6.07, 6.45) is 3.15. The van der Waals surface area contributed by atoms with Crippen LogP contribution in [0.1, 0.15) is 42.1 Å². The number of aromatic nitrogens is 1. The van der Waals surface area contributed by atoms with Gasteiger partial charge in [0.25, 0.3) is 0 Å². The van der Waals surface area contributed by atoms with Crippen LogP contribution in [-0.4, -0.2) is 5.16 Å². The zero-order chi connectivity index (χ0) is 14.0. The van der Waals surface area contributed by atoms with E-state index in [-0.39, 0.29) is 0 Å². The summed E-state index contributed by atoms with van der Waals surface area (Å²) in [5, 5.41) is 4.13. The standard InChI is InChI=1S/C16H22N2O/c1-5-6-7-13-15(16(17)19-18-13)14-11(3)8-10(2)9-12(14)4/h8-9H,5-7,17H2,1-4H3. The van der Waals surface area contributed by atoms with Gasteiger partial charge in [-0.3, -0.25) is 0 Å². The highest BCUT2D eigenvalue weighted by Gasteiger charge is 2.19. The van der Waals surface area contributed by atoms with Gasteiger partial charge in [0.05, 0.1) is 11.3 Å². The molecule has 0 radical (unpaired) electrons. The van der Waals surface area contributed by atoms with E-state index in [2.05, 4.69) is 45.0 Å². The molecule has 0 saturated heterocycles. The Morgan fingerprint density at radius 1 is 1.11 bits per heavy atom. The number of nitrogens with zero attached hydrogens (tertiary/aromatic N) is 1. The van der Waals surface area contributed by atoms with Crippen LogP contribution in [0.25, 0.3) is 11.1 Å². The summed E-state index contributed by atoms with van der Waals surface area (Å²) in [7, 11) is 0. The average molecular weight is 258 g/mol. The van der Waals surface area contributed by atoms with Crippen LogP contribution in [-0.2, 0) is 6.42 Å². The van der Waals surface area contributed by atoms with Gasteiger partial charge in [0.1, 0.15) is 0 Å². The number of hydrogen-bond acceptors (Lipinski definition) is 3. The van der Waals surface area contributed by atoms with Crippen LogP contribution in [0.2, 0.25) is 0 Å². The Bertz CT molecular complexity index is 561. The molecule has 0 aliphatic carbocycles. The number of unbranched alkanes of at least 4 members (excludes halogenated alkanes) is 1. The molecule has 0 spiro atoms.